The van der Waals surface area contributed by atoms with Gasteiger partial charge < -0.3 is 29.7 Å². The molecule has 0 heterocycles. The van der Waals surface area contributed by atoms with Crippen LogP contribution >= 0.6 is 0 Å². The fourth-order valence-corrected chi connectivity index (χ4v) is 3.02. The summed E-state index contributed by atoms with van der Waals surface area (Å²) in [5.74, 6) is -1.01. The number of carbonyl (C=O) groups is 3. The second-order valence-electron chi connectivity index (χ2n) is 9.55. The van der Waals surface area contributed by atoms with Gasteiger partial charge in [0.15, 0.2) is 0 Å². The number of carbonyl (C=O) groups excluding carboxylic acids is 3. The lowest BCUT2D eigenvalue weighted by Gasteiger charge is -2.25. The number of rotatable bonds is 11. The number of likely N-dealkylation sites (N-methyl/N-ethyl adjacent to an activating group) is 1. The summed E-state index contributed by atoms with van der Waals surface area (Å²) in [6.07, 6.45) is -1.31. The van der Waals surface area contributed by atoms with E-state index in [1.54, 1.807) is 59.0 Å². The Hall–Kier alpha value is -3.66. The van der Waals surface area contributed by atoms with Crippen molar-refractivity contribution >= 4 is 18.1 Å². The number of benzene rings is 2. The Morgan fingerprint density at radius 1 is 1.08 bits per heavy atom. The first-order chi connectivity index (χ1) is 17.4. The van der Waals surface area contributed by atoms with E-state index in [9.17, 15) is 18.8 Å². The lowest BCUT2D eigenvalue weighted by molar-refractivity contribution is -0.124. The quantitative estimate of drug-likeness (QED) is 0.438. The SMILES string of the molecule is Cc1ccc(CNC(=O)[C@H](COCCN(C)C(=O)OC(C)(C)C)NC(=O)OCc2ccccc2)c(F)c1. The maximum absolute atomic E-state index is 14.2. The summed E-state index contributed by atoms with van der Waals surface area (Å²) in [6, 6.07) is 12.7. The summed E-state index contributed by atoms with van der Waals surface area (Å²) in [5, 5.41) is 5.11. The van der Waals surface area contributed by atoms with Crippen molar-refractivity contribution < 1.29 is 33.0 Å². The first-order valence-corrected chi connectivity index (χ1v) is 12.0. The van der Waals surface area contributed by atoms with Crippen molar-refractivity contribution in [3.63, 3.8) is 0 Å². The topological polar surface area (TPSA) is 106 Å². The summed E-state index contributed by atoms with van der Waals surface area (Å²) in [4.78, 5) is 38.6. The van der Waals surface area contributed by atoms with Crippen LogP contribution in [0.5, 0.6) is 0 Å². The Morgan fingerprint density at radius 2 is 1.78 bits per heavy atom. The van der Waals surface area contributed by atoms with E-state index in [4.69, 9.17) is 14.2 Å². The smallest absolute Gasteiger partial charge is 0.410 e. The number of ether oxygens (including phenoxy) is 3. The van der Waals surface area contributed by atoms with Gasteiger partial charge in [-0.3, -0.25) is 4.79 Å². The molecule has 0 bridgehead atoms. The van der Waals surface area contributed by atoms with E-state index >= 15 is 0 Å². The molecule has 2 aromatic carbocycles. The number of nitrogens with zero attached hydrogens (tertiary/aromatic N) is 1. The van der Waals surface area contributed by atoms with E-state index < -0.39 is 35.6 Å². The number of halogens is 1. The molecule has 0 aliphatic carbocycles. The lowest BCUT2D eigenvalue weighted by atomic mass is 10.1. The number of amides is 3. The number of aryl methyl sites for hydroxylation is 1. The van der Waals surface area contributed by atoms with Crippen molar-refractivity contribution in [3.05, 3.63) is 71.0 Å². The molecule has 0 fully saturated rings. The summed E-state index contributed by atoms with van der Waals surface area (Å²) < 4.78 is 30.2. The zero-order valence-corrected chi connectivity index (χ0v) is 22.0. The Labute approximate surface area is 217 Å². The highest BCUT2D eigenvalue weighted by atomic mass is 19.1. The minimum Gasteiger partial charge on any atom is -0.445 e. The molecule has 0 unspecified atom stereocenters. The molecule has 3 amide bonds. The van der Waals surface area contributed by atoms with Crippen LogP contribution < -0.4 is 10.6 Å². The molecule has 10 heteroatoms. The number of nitrogens with one attached hydrogen (secondary N) is 2. The van der Waals surface area contributed by atoms with Gasteiger partial charge in [-0.05, 0) is 44.9 Å². The highest BCUT2D eigenvalue weighted by Crippen LogP contribution is 2.10. The highest BCUT2D eigenvalue weighted by Gasteiger charge is 2.23. The van der Waals surface area contributed by atoms with Crippen LogP contribution in [0.4, 0.5) is 14.0 Å². The van der Waals surface area contributed by atoms with Crippen molar-refractivity contribution in [1.29, 1.82) is 0 Å². The van der Waals surface area contributed by atoms with Gasteiger partial charge in [-0.1, -0.05) is 42.5 Å². The molecular weight excluding hydrogens is 481 g/mol. The Morgan fingerprint density at radius 3 is 2.43 bits per heavy atom. The lowest BCUT2D eigenvalue weighted by Crippen LogP contribution is -2.49. The number of alkyl carbamates (subject to hydrolysis) is 1. The number of hydrogen-bond donors (Lipinski definition) is 2. The third-order valence-corrected chi connectivity index (χ3v) is 5.04. The number of hydrogen-bond acceptors (Lipinski definition) is 6. The van der Waals surface area contributed by atoms with Crippen LogP contribution in [0.2, 0.25) is 0 Å². The van der Waals surface area contributed by atoms with Gasteiger partial charge in [0.2, 0.25) is 5.91 Å². The third-order valence-electron chi connectivity index (χ3n) is 5.04. The fraction of sp³-hybridized carbons (Fsp3) is 0.444. The molecule has 0 aliphatic rings. The van der Waals surface area contributed by atoms with Gasteiger partial charge in [-0.25, -0.2) is 14.0 Å². The fourth-order valence-electron chi connectivity index (χ4n) is 3.02. The van der Waals surface area contributed by atoms with Gasteiger partial charge in [0, 0.05) is 25.7 Å². The second kappa shape index (κ2) is 14.2. The third kappa shape index (κ3) is 11.3. The maximum Gasteiger partial charge on any atom is 0.410 e. The van der Waals surface area contributed by atoms with E-state index in [0.717, 1.165) is 11.1 Å². The summed E-state index contributed by atoms with van der Waals surface area (Å²) in [7, 11) is 1.57. The Balaban J connectivity index is 1.93. The molecule has 0 saturated carbocycles. The van der Waals surface area contributed by atoms with Crippen molar-refractivity contribution in [2.45, 2.75) is 52.5 Å². The monoisotopic (exact) mass is 517 g/mol. The van der Waals surface area contributed by atoms with Crippen molar-refractivity contribution in [2.75, 3.05) is 26.8 Å². The van der Waals surface area contributed by atoms with E-state index in [1.807, 2.05) is 18.2 Å². The predicted molar refractivity (Wildman–Crippen MR) is 136 cm³/mol. The molecule has 0 saturated heterocycles. The zero-order valence-electron chi connectivity index (χ0n) is 22.0. The molecule has 2 aromatic rings. The maximum atomic E-state index is 14.2. The zero-order chi connectivity index (χ0) is 27.4. The molecule has 37 heavy (non-hydrogen) atoms. The average Bonchev–Trinajstić information content (AvgIpc) is 2.83. The highest BCUT2D eigenvalue weighted by molar-refractivity contribution is 5.85. The Bertz CT molecular complexity index is 1040. The van der Waals surface area contributed by atoms with Gasteiger partial charge in [0.05, 0.1) is 13.2 Å². The van der Waals surface area contributed by atoms with E-state index in [2.05, 4.69) is 10.6 Å². The predicted octanol–water partition coefficient (Wildman–Crippen LogP) is 3.93. The molecule has 0 aromatic heterocycles. The molecular formula is C27H36FN3O6. The first-order valence-electron chi connectivity index (χ1n) is 12.0. The first kappa shape index (κ1) is 29.6. The van der Waals surface area contributed by atoms with Gasteiger partial charge >= 0.3 is 12.2 Å². The molecule has 0 spiro atoms. The minimum absolute atomic E-state index is 0.0249. The summed E-state index contributed by atoms with van der Waals surface area (Å²) in [6.45, 7) is 7.13. The van der Waals surface area contributed by atoms with Crippen LogP contribution in [-0.2, 0) is 32.2 Å². The van der Waals surface area contributed by atoms with Crippen LogP contribution in [0, 0.1) is 12.7 Å². The normalized spacial score (nSPS) is 11.8. The molecule has 0 aliphatic heterocycles. The molecule has 0 radical (unpaired) electrons. The Kier molecular flexibility index (Phi) is 11.3. The van der Waals surface area contributed by atoms with E-state index in [1.165, 1.54) is 11.0 Å². The van der Waals surface area contributed by atoms with Crippen LogP contribution in [0.1, 0.15) is 37.5 Å². The summed E-state index contributed by atoms with van der Waals surface area (Å²) >= 11 is 0. The van der Waals surface area contributed by atoms with Gasteiger partial charge in [0.1, 0.15) is 24.1 Å². The molecule has 202 valence electrons. The van der Waals surface area contributed by atoms with E-state index in [-0.39, 0.29) is 32.9 Å². The van der Waals surface area contributed by atoms with E-state index in [0.29, 0.717) is 5.56 Å². The second-order valence-corrected chi connectivity index (χ2v) is 9.55. The van der Waals surface area contributed by atoms with Crippen LogP contribution in [0.25, 0.3) is 0 Å². The van der Waals surface area contributed by atoms with Gasteiger partial charge in [-0.2, -0.15) is 0 Å². The van der Waals surface area contributed by atoms with Crippen molar-refractivity contribution in [2.24, 2.45) is 0 Å². The minimum atomic E-state index is -1.11. The molecule has 2 rings (SSSR count). The summed E-state index contributed by atoms with van der Waals surface area (Å²) in [5.41, 5.74) is 1.23. The van der Waals surface area contributed by atoms with Crippen LogP contribution in [-0.4, -0.2) is 61.4 Å². The van der Waals surface area contributed by atoms with Crippen LogP contribution in [0.15, 0.2) is 48.5 Å². The molecule has 9 nitrogen and oxygen atoms in total. The van der Waals surface area contributed by atoms with Crippen molar-refractivity contribution in [3.8, 4) is 0 Å². The molecule has 2 N–H and O–H groups in total. The van der Waals surface area contributed by atoms with Crippen LogP contribution in [0.3, 0.4) is 0 Å². The van der Waals surface area contributed by atoms with Gasteiger partial charge in [0.25, 0.3) is 0 Å². The largest absolute Gasteiger partial charge is 0.445 e. The standard InChI is InChI=1S/C27H36FN3O6/c1-19-11-12-21(22(28)15-19)16-29-24(32)23(30-25(33)36-17-20-9-7-6-8-10-20)18-35-14-13-31(5)26(34)37-27(2,3)4/h6-12,15,23H,13-14,16-18H2,1-5H3,(H,29,32)(H,30,33)/t23-/m0/s1. The average molecular weight is 518 g/mol. The van der Waals surface area contributed by atoms with Crippen molar-refractivity contribution in [1.82, 2.24) is 15.5 Å². The molecule has 1 atom stereocenters. The van der Waals surface area contributed by atoms with Gasteiger partial charge in [-0.15, -0.1) is 0 Å².